The number of hydrogen-bond donors (Lipinski definition) is 1. The van der Waals surface area contributed by atoms with Gasteiger partial charge in [-0.25, -0.2) is 4.79 Å². The summed E-state index contributed by atoms with van der Waals surface area (Å²) in [5.74, 6) is -1.27. The third-order valence-electron chi connectivity index (χ3n) is 2.91. The van der Waals surface area contributed by atoms with Crippen molar-refractivity contribution in [1.82, 2.24) is 0 Å². The van der Waals surface area contributed by atoms with Crippen molar-refractivity contribution in [3.05, 3.63) is 63.1 Å². The molecule has 120 valence electrons. The molecule has 0 fully saturated rings. The summed E-state index contributed by atoms with van der Waals surface area (Å²) in [6.07, 6.45) is -1.03. The van der Waals surface area contributed by atoms with Crippen LogP contribution in [0.15, 0.2) is 42.5 Å². The van der Waals surface area contributed by atoms with Crippen LogP contribution in [0.1, 0.15) is 17.3 Å². The molecule has 0 aliphatic heterocycles. The minimum atomic E-state index is -1.03. The monoisotopic (exact) mass is 371 g/mol. The van der Waals surface area contributed by atoms with Crippen LogP contribution in [0.3, 0.4) is 0 Å². The molecule has 0 saturated carbocycles. The summed E-state index contributed by atoms with van der Waals surface area (Å²) in [6.45, 7) is 1.45. The first-order chi connectivity index (χ1) is 10.9. The zero-order valence-corrected chi connectivity index (χ0v) is 14.2. The summed E-state index contributed by atoms with van der Waals surface area (Å²) in [4.78, 5) is 24.2. The SMILES string of the molecule is C[C@@H](OC(=O)c1c(Cl)cccc1Cl)C(=O)Nc1cccc(Cl)c1. The number of rotatable bonds is 4. The highest BCUT2D eigenvalue weighted by Crippen LogP contribution is 2.25. The van der Waals surface area contributed by atoms with Gasteiger partial charge in [-0.05, 0) is 37.3 Å². The van der Waals surface area contributed by atoms with Crippen molar-refractivity contribution in [2.75, 3.05) is 5.32 Å². The second kappa shape index (κ2) is 7.68. The Morgan fingerprint density at radius 2 is 1.65 bits per heavy atom. The molecule has 0 spiro atoms. The Hall–Kier alpha value is -1.75. The van der Waals surface area contributed by atoms with E-state index >= 15 is 0 Å². The van der Waals surface area contributed by atoms with Gasteiger partial charge in [-0.3, -0.25) is 4.79 Å². The molecule has 0 unspecified atom stereocenters. The van der Waals surface area contributed by atoms with Crippen molar-refractivity contribution in [2.45, 2.75) is 13.0 Å². The third kappa shape index (κ3) is 4.61. The van der Waals surface area contributed by atoms with Crippen LogP contribution in [0.2, 0.25) is 15.1 Å². The Bertz CT molecular complexity index is 729. The molecule has 0 saturated heterocycles. The molecule has 0 aliphatic carbocycles. The van der Waals surface area contributed by atoms with E-state index in [1.54, 1.807) is 30.3 Å². The van der Waals surface area contributed by atoms with Gasteiger partial charge in [0.05, 0.1) is 15.6 Å². The van der Waals surface area contributed by atoms with Crippen LogP contribution < -0.4 is 5.32 Å². The molecule has 2 aromatic rings. The van der Waals surface area contributed by atoms with E-state index in [-0.39, 0.29) is 15.6 Å². The molecule has 1 amide bonds. The number of nitrogens with one attached hydrogen (secondary N) is 1. The van der Waals surface area contributed by atoms with E-state index in [0.717, 1.165) is 0 Å². The van der Waals surface area contributed by atoms with Crippen molar-refractivity contribution < 1.29 is 14.3 Å². The highest BCUT2D eigenvalue weighted by atomic mass is 35.5. The van der Waals surface area contributed by atoms with Gasteiger partial charge in [0.25, 0.3) is 5.91 Å². The van der Waals surface area contributed by atoms with Crippen LogP contribution in [0.5, 0.6) is 0 Å². The van der Waals surface area contributed by atoms with Crippen LogP contribution >= 0.6 is 34.8 Å². The van der Waals surface area contributed by atoms with E-state index in [4.69, 9.17) is 39.5 Å². The van der Waals surface area contributed by atoms with Crippen molar-refractivity contribution in [3.63, 3.8) is 0 Å². The predicted molar refractivity (Wildman–Crippen MR) is 91.4 cm³/mol. The Morgan fingerprint density at radius 3 is 2.26 bits per heavy atom. The number of benzene rings is 2. The van der Waals surface area contributed by atoms with Crippen LogP contribution in [0.25, 0.3) is 0 Å². The first-order valence-electron chi connectivity index (χ1n) is 6.60. The molecular weight excluding hydrogens is 361 g/mol. The molecule has 4 nitrogen and oxygen atoms in total. The maximum absolute atomic E-state index is 12.1. The van der Waals surface area contributed by atoms with Gasteiger partial charge in [0.2, 0.25) is 0 Å². The molecule has 1 atom stereocenters. The fraction of sp³-hybridized carbons (Fsp3) is 0.125. The summed E-state index contributed by atoms with van der Waals surface area (Å²) in [5.41, 5.74) is 0.527. The lowest BCUT2D eigenvalue weighted by atomic mass is 10.2. The first kappa shape index (κ1) is 17.6. The third-order valence-corrected chi connectivity index (χ3v) is 3.78. The number of ether oxygens (including phenoxy) is 1. The zero-order chi connectivity index (χ0) is 17.0. The Balaban J connectivity index is 2.05. The van der Waals surface area contributed by atoms with Crippen LogP contribution in [-0.4, -0.2) is 18.0 Å². The van der Waals surface area contributed by atoms with E-state index in [1.165, 1.54) is 19.1 Å². The topological polar surface area (TPSA) is 55.4 Å². The standard InChI is InChI=1S/C16H12Cl3NO3/c1-9(15(21)20-11-5-2-4-10(17)8-11)23-16(22)14-12(18)6-3-7-13(14)19/h2-9H,1H3,(H,20,21)/t9-/m1/s1. The van der Waals surface area contributed by atoms with Crippen LogP contribution in [0, 0.1) is 0 Å². The fourth-order valence-electron chi connectivity index (χ4n) is 1.78. The molecule has 1 N–H and O–H groups in total. The lowest BCUT2D eigenvalue weighted by Gasteiger charge is -2.14. The smallest absolute Gasteiger partial charge is 0.341 e. The van der Waals surface area contributed by atoms with Crippen LogP contribution in [-0.2, 0) is 9.53 Å². The highest BCUT2D eigenvalue weighted by Gasteiger charge is 2.22. The number of halogens is 3. The normalized spacial score (nSPS) is 11.7. The van der Waals surface area contributed by atoms with Gasteiger partial charge in [-0.15, -0.1) is 0 Å². The highest BCUT2D eigenvalue weighted by molar-refractivity contribution is 6.39. The zero-order valence-electron chi connectivity index (χ0n) is 12.0. The summed E-state index contributed by atoms with van der Waals surface area (Å²) in [6, 6.07) is 11.3. The maximum atomic E-state index is 12.1. The quantitative estimate of drug-likeness (QED) is 0.782. The second-order valence-electron chi connectivity index (χ2n) is 4.64. The fourth-order valence-corrected chi connectivity index (χ4v) is 2.52. The number of carbonyl (C=O) groups is 2. The van der Waals surface area contributed by atoms with E-state index in [1.807, 2.05) is 0 Å². The molecule has 0 radical (unpaired) electrons. The predicted octanol–water partition coefficient (Wildman–Crippen LogP) is 4.83. The summed E-state index contributed by atoms with van der Waals surface area (Å²) >= 11 is 17.7. The molecule has 7 heteroatoms. The Morgan fingerprint density at radius 1 is 1.04 bits per heavy atom. The van der Waals surface area contributed by atoms with E-state index < -0.39 is 18.0 Å². The summed E-state index contributed by atoms with van der Waals surface area (Å²) < 4.78 is 5.11. The minimum Gasteiger partial charge on any atom is -0.449 e. The van der Waals surface area contributed by atoms with Crippen LogP contribution in [0.4, 0.5) is 5.69 Å². The van der Waals surface area contributed by atoms with Gasteiger partial charge >= 0.3 is 5.97 Å². The average Bonchev–Trinajstić information content (AvgIpc) is 2.46. The van der Waals surface area contributed by atoms with Gasteiger partial charge < -0.3 is 10.1 Å². The molecular formula is C16H12Cl3NO3. The van der Waals surface area contributed by atoms with Gasteiger partial charge in [-0.2, -0.15) is 0 Å². The minimum absolute atomic E-state index is 0.0261. The largest absolute Gasteiger partial charge is 0.449 e. The molecule has 0 aliphatic rings. The van der Waals surface area contributed by atoms with Crippen molar-refractivity contribution >= 4 is 52.4 Å². The van der Waals surface area contributed by atoms with Gasteiger partial charge in [0.15, 0.2) is 6.10 Å². The second-order valence-corrected chi connectivity index (χ2v) is 5.89. The van der Waals surface area contributed by atoms with Crippen molar-refractivity contribution in [3.8, 4) is 0 Å². The molecule has 0 aromatic heterocycles. The number of hydrogen-bond acceptors (Lipinski definition) is 3. The first-order valence-corrected chi connectivity index (χ1v) is 7.73. The maximum Gasteiger partial charge on any atom is 0.341 e. The lowest BCUT2D eigenvalue weighted by molar-refractivity contribution is -0.123. The van der Waals surface area contributed by atoms with Crippen molar-refractivity contribution in [1.29, 1.82) is 0 Å². The van der Waals surface area contributed by atoms with Gasteiger partial charge in [0.1, 0.15) is 0 Å². The lowest BCUT2D eigenvalue weighted by Crippen LogP contribution is -2.30. The molecule has 0 bridgehead atoms. The van der Waals surface area contributed by atoms with E-state index in [2.05, 4.69) is 5.32 Å². The van der Waals surface area contributed by atoms with E-state index in [0.29, 0.717) is 10.7 Å². The van der Waals surface area contributed by atoms with Gasteiger partial charge in [-0.1, -0.05) is 46.9 Å². The van der Waals surface area contributed by atoms with Gasteiger partial charge in [0, 0.05) is 10.7 Å². The number of esters is 1. The van der Waals surface area contributed by atoms with E-state index in [9.17, 15) is 9.59 Å². The van der Waals surface area contributed by atoms with Crippen molar-refractivity contribution in [2.24, 2.45) is 0 Å². The summed E-state index contributed by atoms with van der Waals surface area (Å²) in [7, 11) is 0. The Kier molecular flexibility index (Phi) is 5.88. The average molecular weight is 373 g/mol. The Labute approximate surface area is 148 Å². The number of amides is 1. The number of carbonyl (C=O) groups excluding carboxylic acids is 2. The summed E-state index contributed by atoms with van der Waals surface area (Å²) in [5, 5.41) is 3.40. The number of anilines is 1. The molecule has 2 rings (SSSR count). The molecule has 0 heterocycles. The molecule has 2 aromatic carbocycles. The molecule has 23 heavy (non-hydrogen) atoms.